The molecule has 0 unspecified atom stereocenters. The third-order valence-corrected chi connectivity index (χ3v) is 15.7. The summed E-state index contributed by atoms with van der Waals surface area (Å²) >= 11 is 3.36. The summed E-state index contributed by atoms with van der Waals surface area (Å²) < 4.78 is 66.9. The molecule has 3 aromatic carbocycles. The molecule has 0 spiro atoms. The average molecular weight is 1040 g/mol. The Labute approximate surface area is 417 Å². The Kier molecular flexibility index (Phi) is 13.1. The summed E-state index contributed by atoms with van der Waals surface area (Å²) in [5.74, 6) is 2.35. The van der Waals surface area contributed by atoms with Crippen LogP contribution in [0.5, 0.6) is 0 Å². The number of aryl methyl sites for hydroxylation is 1. The highest BCUT2D eigenvalue weighted by atomic mass is 79.9. The van der Waals surface area contributed by atoms with Crippen LogP contribution in [0.25, 0.3) is 43.6 Å². The number of aromatic amines is 1. The Hall–Kier alpha value is -6.57. The third kappa shape index (κ3) is 9.66. The van der Waals surface area contributed by atoms with Crippen LogP contribution < -0.4 is 20.0 Å². The first-order chi connectivity index (χ1) is 34.6. The van der Waals surface area contributed by atoms with Crippen LogP contribution in [0, 0.1) is 18.6 Å². The van der Waals surface area contributed by atoms with E-state index in [4.69, 9.17) is 14.5 Å². The summed E-state index contributed by atoms with van der Waals surface area (Å²) in [6.07, 6.45) is 5.17. The molecule has 0 aliphatic carbocycles. The molecule has 4 aliphatic rings. The maximum Gasteiger partial charge on any atom is 0.268 e. The lowest BCUT2D eigenvalue weighted by molar-refractivity contribution is 0.122. The largest absolute Gasteiger partial charge is 0.378 e. The molecular weight excluding hydrogens is 991 g/mol. The van der Waals surface area contributed by atoms with Gasteiger partial charge in [0, 0.05) is 109 Å². The van der Waals surface area contributed by atoms with Crippen LogP contribution in [0.1, 0.15) is 28.1 Å². The fraction of sp³-hybridized carbons (Fsp3) is 0.283. The van der Waals surface area contributed by atoms with Crippen molar-refractivity contribution in [2.75, 3.05) is 80.4 Å². The van der Waals surface area contributed by atoms with E-state index in [1.165, 1.54) is 33.4 Å². The maximum atomic E-state index is 13.8. The van der Waals surface area contributed by atoms with E-state index in [2.05, 4.69) is 86.2 Å². The molecule has 2 fully saturated rings. The third-order valence-electron chi connectivity index (χ3n) is 13.5. The van der Waals surface area contributed by atoms with Gasteiger partial charge in [-0.05, 0) is 113 Å². The number of halogens is 3. The van der Waals surface area contributed by atoms with Crippen LogP contribution in [0.2, 0.25) is 0 Å². The highest BCUT2D eigenvalue weighted by Gasteiger charge is 2.29. The van der Waals surface area contributed by atoms with E-state index in [0.717, 1.165) is 144 Å². The molecule has 71 heavy (non-hydrogen) atoms. The number of fused-ring (bicyclic) bond motifs is 8. The van der Waals surface area contributed by atoms with Crippen molar-refractivity contribution in [1.82, 2.24) is 34.2 Å². The molecule has 0 bridgehead atoms. The van der Waals surface area contributed by atoms with Gasteiger partial charge in [-0.15, -0.1) is 0 Å². The minimum Gasteiger partial charge on any atom is -0.378 e. The second-order valence-corrected chi connectivity index (χ2v) is 20.6. The van der Waals surface area contributed by atoms with Crippen LogP contribution in [0.15, 0.2) is 119 Å². The number of nitrogens with one attached hydrogen (secondary N) is 2. The topological polar surface area (TPSA) is 147 Å². The van der Waals surface area contributed by atoms with E-state index in [1.807, 2.05) is 31.5 Å². The zero-order valence-corrected chi connectivity index (χ0v) is 41.4. The molecule has 2 saturated heterocycles. The number of rotatable bonds is 5. The Bertz CT molecular complexity index is 3540. The molecule has 0 saturated carbocycles. The van der Waals surface area contributed by atoms with Gasteiger partial charge in [-0.25, -0.2) is 41.1 Å². The van der Waals surface area contributed by atoms with Gasteiger partial charge in [0.15, 0.2) is 0 Å². The summed E-state index contributed by atoms with van der Waals surface area (Å²) in [4.78, 5) is 28.8. The van der Waals surface area contributed by atoms with Crippen LogP contribution >= 0.6 is 15.9 Å². The van der Waals surface area contributed by atoms with E-state index in [0.29, 0.717) is 30.4 Å². The van der Waals surface area contributed by atoms with Gasteiger partial charge in [0.05, 0.1) is 60.3 Å². The molecule has 10 heterocycles. The van der Waals surface area contributed by atoms with E-state index in [9.17, 15) is 17.2 Å². The standard InChI is InChI=1S/C23H22FN5O.C18H17FN2O2S.C12H12BrN3O/c24-16-2-3-19-17(12-16)18-14-29(6-5-20(18)26-19)22-4-1-15-11-23(25-13-21(15)27-22)28-7-9-30-10-8-28;1-12-2-5-14(6-3-12)24(22,23)21-17-7-4-13(19)10-15(17)16-11-20-9-8-18(16)21;13-11-2-1-9-7-12(14-8-10(9)15-11)16-3-5-17-6-4-16/h1-4,11-13,26H,5-10,14H2;2-7,10,20H,8-9,11H2,1H3;1-2,7-8H,3-6H2. The van der Waals surface area contributed by atoms with Crippen molar-refractivity contribution in [2.24, 2.45) is 0 Å². The summed E-state index contributed by atoms with van der Waals surface area (Å²) in [6, 6.07) is 28.4. The normalized spacial score (nSPS) is 16.1. The fourth-order valence-corrected chi connectivity index (χ4v) is 11.7. The molecule has 13 rings (SSSR count). The first-order valence-corrected chi connectivity index (χ1v) is 26.0. The Morgan fingerprint density at radius 3 is 1.97 bits per heavy atom. The van der Waals surface area contributed by atoms with Gasteiger partial charge in [0.2, 0.25) is 0 Å². The quantitative estimate of drug-likeness (QED) is 0.159. The van der Waals surface area contributed by atoms with Crippen LogP contribution in [0.3, 0.4) is 0 Å². The van der Waals surface area contributed by atoms with Crippen molar-refractivity contribution in [3.63, 3.8) is 0 Å². The second-order valence-electron chi connectivity index (χ2n) is 18.0. The summed E-state index contributed by atoms with van der Waals surface area (Å²) in [5.41, 5.74) is 8.31. The number of morpholine rings is 2. The molecule has 6 aromatic heterocycles. The number of hydrogen-bond donors (Lipinski definition) is 2. The number of ether oxygens (including phenoxy) is 2. The lowest BCUT2D eigenvalue weighted by Gasteiger charge is -2.29. The number of pyridine rings is 4. The number of nitrogens with zero attached hydrogens (tertiary/aromatic N) is 8. The smallest absolute Gasteiger partial charge is 0.268 e. The van der Waals surface area contributed by atoms with Crippen molar-refractivity contribution < 1.29 is 26.7 Å². The summed E-state index contributed by atoms with van der Waals surface area (Å²) in [5, 5.41) is 7.06. The molecular formula is C53H51BrF2N10O4S. The van der Waals surface area contributed by atoms with Crippen molar-refractivity contribution in [3.8, 4) is 0 Å². The number of aromatic nitrogens is 6. The lowest BCUT2D eigenvalue weighted by Crippen LogP contribution is -2.36. The second kappa shape index (κ2) is 19.9. The number of hydrogen-bond acceptors (Lipinski definition) is 12. The monoisotopic (exact) mass is 1040 g/mol. The Morgan fingerprint density at radius 2 is 1.28 bits per heavy atom. The zero-order valence-electron chi connectivity index (χ0n) is 39.0. The highest BCUT2D eigenvalue weighted by Crippen LogP contribution is 2.34. The first kappa shape index (κ1) is 46.8. The molecule has 2 N–H and O–H groups in total. The van der Waals surface area contributed by atoms with Gasteiger partial charge >= 0.3 is 0 Å². The minimum atomic E-state index is -3.73. The van der Waals surface area contributed by atoms with Gasteiger partial charge in [0.1, 0.15) is 33.7 Å². The summed E-state index contributed by atoms with van der Waals surface area (Å²) in [6.45, 7) is 11.3. The number of benzene rings is 3. The zero-order chi connectivity index (χ0) is 48.6. The molecule has 364 valence electrons. The van der Waals surface area contributed by atoms with Gasteiger partial charge in [-0.1, -0.05) is 17.7 Å². The highest BCUT2D eigenvalue weighted by molar-refractivity contribution is 9.10. The van der Waals surface area contributed by atoms with Crippen molar-refractivity contribution in [2.45, 2.75) is 37.8 Å². The van der Waals surface area contributed by atoms with Crippen molar-refractivity contribution in [3.05, 3.63) is 154 Å². The molecule has 14 nitrogen and oxygen atoms in total. The first-order valence-electron chi connectivity index (χ1n) is 23.8. The number of H-pyrrole nitrogens is 1. The number of anilines is 3. The molecule has 18 heteroatoms. The van der Waals surface area contributed by atoms with E-state index < -0.39 is 10.0 Å². The molecule has 0 amide bonds. The maximum absolute atomic E-state index is 13.8. The lowest BCUT2D eigenvalue weighted by atomic mass is 10.0. The average Bonchev–Trinajstić information content (AvgIpc) is 3.94. The molecule has 9 aromatic rings. The van der Waals surface area contributed by atoms with E-state index >= 15 is 0 Å². The predicted molar refractivity (Wildman–Crippen MR) is 277 cm³/mol. The molecule has 4 aliphatic heterocycles. The van der Waals surface area contributed by atoms with Crippen molar-refractivity contribution in [1.29, 1.82) is 0 Å². The van der Waals surface area contributed by atoms with E-state index in [1.54, 1.807) is 36.4 Å². The van der Waals surface area contributed by atoms with Crippen LogP contribution in [0.4, 0.5) is 26.2 Å². The molecule has 0 radical (unpaired) electrons. The van der Waals surface area contributed by atoms with Gasteiger partial charge in [-0.3, -0.25) is 0 Å². The van der Waals surface area contributed by atoms with Crippen molar-refractivity contribution >= 4 is 87.0 Å². The SMILES string of the molecule is Brc1ccc2cc(N3CCOCC3)ncc2n1.Cc1ccc(S(=O)(=O)n2c3c(c4cc(F)ccc42)CNCC3)cc1.Fc1ccc2[nH]c3c(c2c1)CN(c1ccc2cc(N4CCOCC4)ncc2n1)CC3. The fourth-order valence-electron chi connectivity index (χ4n) is 9.79. The Morgan fingerprint density at radius 1 is 0.648 bits per heavy atom. The summed E-state index contributed by atoms with van der Waals surface area (Å²) in [7, 11) is -3.73. The Balaban J connectivity index is 0.000000120. The van der Waals surface area contributed by atoms with Crippen LogP contribution in [-0.2, 0) is 45.4 Å². The van der Waals surface area contributed by atoms with Gasteiger partial charge in [0.25, 0.3) is 10.0 Å². The van der Waals surface area contributed by atoms with Gasteiger partial charge < -0.3 is 34.5 Å². The predicted octanol–water partition coefficient (Wildman–Crippen LogP) is 8.85. The van der Waals surface area contributed by atoms with E-state index in [-0.39, 0.29) is 16.5 Å². The van der Waals surface area contributed by atoms with Gasteiger partial charge in [-0.2, -0.15) is 0 Å². The molecule has 0 atom stereocenters. The van der Waals surface area contributed by atoms with Crippen LogP contribution in [-0.4, -0.2) is 103 Å². The minimum absolute atomic E-state index is 0.201.